The molecule has 6 aliphatic rings. The van der Waals surface area contributed by atoms with Gasteiger partial charge in [0.05, 0.1) is 47.9 Å². The summed E-state index contributed by atoms with van der Waals surface area (Å²) in [6.45, 7) is 66.1. The van der Waals surface area contributed by atoms with Crippen molar-refractivity contribution >= 4 is 151 Å². The molecule has 0 amide bonds. The van der Waals surface area contributed by atoms with Gasteiger partial charge in [-0.25, -0.2) is 4.99 Å². The van der Waals surface area contributed by atoms with E-state index < -0.39 is 6.10 Å². The van der Waals surface area contributed by atoms with E-state index in [0.29, 0.717) is 106 Å². The van der Waals surface area contributed by atoms with Crippen molar-refractivity contribution in [1.29, 1.82) is 0 Å². The van der Waals surface area contributed by atoms with Crippen molar-refractivity contribution in [3.63, 3.8) is 0 Å². The van der Waals surface area contributed by atoms with Crippen LogP contribution in [0.15, 0.2) is 113 Å². The van der Waals surface area contributed by atoms with Crippen LogP contribution >= 0.6 is 101 Å². The third kappa shape index (κ3) is 51.9. The van der Waals surface area contributed by atoms with Gasteiger partial charge in [0, 0.05) is 97.2 Å². The molecule has 3 saturated heterocycles. The molecule has 24 unspecified atom stereocenters. The van der Waals surface area contributed by atoms with Gasteiger partial charge in [-0.15, -0.1) is 0 Å². The van der Waals surface area contributed by atoms with Crippen LogP contribution in [0.3, 0.4) is 0 Å². The van der Waals surface area contributed by atoms with Gasteiger partial charge in [0.25, 0.3) is 10.3 Å². The monoisotopic (exact) mass is 2280 g/mol. The molecule has 16 nitrogen and oxygen atoms in total. The van der Waals surface area contributed by atoms with Gasteiger partial charge in [-0.2, -0.15) is 22.4 Å². The zero-order valence-corrected chi connectivity index (χ0v) is 99.6. The molecule has 6 rings (SSSR count). The van der Waals surface area contributed by atoms with Crippen LogP contribution in [-0.4, -0.2) is 192 Å². The molecule has 0 aliphatic carbocycles. The third-order valence-electron chi connectivity index (χ3n) is 27.6. The van der Waals surface area contributed by atoms with Gasteiger partial charge in [0.1, 0.15) is 30.5 Å². The first-order valence-corrected chi connectivity index (χ1v) is 59.5. The van der Waals surface area contributed by atoms with Crippen LogP contribution < -0.4 is 17.0 Å². The Morgan fingerprint density at radius 1 is 0.526 bits per heavy atom. The summed E-state index contributed by atoms with van der Waals surface area (Å²) in [4.78, 5) is 47.3. The predicted octanol–water partition coefficient (Wildman–Crippen LogP) is 24.5. The molecule has 0 aromatic rings. The van der Waals surface area contributed by atoms with Crippen molar-refractivity contribution in [2.45, 2.75) is 377 Å². The second kappa shape index (κ2) is 64.3. The maximum absolute atomic E-state index is 13.0. The van der Waals surface area contributed by atoms with Crippen LogP contribution in [0.2, 0.25) is 0 Å². The first-order valence-electron chi connectivity index (χ1n) is 48.7. The minimum absolute atomic E-state index is 0.0104. The number of carbonyl (C=O) groups excluding carboxylic acids is 3. The molecule has 26 heteroatoms. The Labute approximate surface area is 874 Å². The van der Waals surface area contributed by atoms with Crippen molar-refractivity contribution in [3.05, 3.63) is 108 Å². The summed E-state index contributed by atoms with van der Waals surface area (Å²) in [6, 6.07) is 0. The van der Waals surface area contributed by atoms with E-state index in [1.807, 2.05) is 57.1 Å². The van der Waals surface area contributed by atoms with Crippen LogP contribution in [-0.2, 0) is 52.3 Å². The third-order valence-corrected chi connectivity index (χ3v) is 29.4. The Morgan fingerprint density at radius 2 is 0.767 bits per heavy atom. The average Bonchev–Trinajstić information content (AvgIpc) is 1.65. The van der Waals surface area contributed by atoms with Crippen molar-refractivity contribution < 1.29 is 74.4 Å². The fraction of sp³-hybridized carbons (Fsp3) is 0.766. The fourth-order valence-corrected chi connectivity index (χ4v) is 16.7. The minimum atomic E-state index is -0.524. The first kappa shape index (κ1) is 131. The van der Waals surface area contributed by atoms with Gasteiger partial charge in [-0.3, -0.25) is 14.4 Å². The van der Waals surface area contributed by atoms with Crippen molar-refractivity contribution in [2.24, 2.45) is 108 Å². The van der Waals surface area contributed by atoms with Crippen LogP contribution in [0.4, 0.5) is 0 Å². The molecule has 6 heterocycles. The summed E-state index contributed by atoms with van der Waals surface area (Å²) < 4.78 is 49.4. The van der Waals surface area contributed by atoms with Crippen LogP contribution in [0.1, 0.15) is 304 Å². The van der Waals surface area contributed by atoms with Gasteiger partial charge in [0.2, 0.25) is 0 Å². The topological polar surface area (TPSA) is 177 Å². The zero-order chi connectivity index (χ0) is 103. The summed E-state index contributed by atoms with van der Waals surface area (Å²) in [5, 5.41) is 13.9. The maximum atomic E-state index is 13.0. The number of aliphatic hydroxyl groups excluding tert-OH is 1. The summed E-state index contributed by atoms with van der Waals surface area (Å²) in [7, 11) is 12.8. The molecule has 0 aromatic carbocycles. The summed E-state index contributed by atoms with van der Waals surface area (Å²) in [5.41, 5.74) is 12.0. The molecular formula is C107H181B2ClI3N4O12S4-. The number of aliphatic imine (C=N–C) groups is 1. The number of cyclic esters (lactones) is 3. The number of hydrogen-bond acceptors (Lipinski definition) is 17. The number of rotatable bonds is 26. The Bertz CT molecular complexity index is 3670. The SMILES string of the molecule is CCC(C)C(C)C1OC1CC(C)(C)/C=C/C=C(\C)C1OC(=O)CC(C)CCC(C)(C)C(O)/C=C/C1C.CCC(C)C(C)C1OC1CC(C)(C)/C=C/C=C(\C)C1OC(=O)CC(C)CCC(C)(C)C(OC(=S)N(C)C)/C=C/C1C.CCC(C)C(C)C1OC1CC(C)(C)/C=C/C=C(\C)C1OC(=O)CC(C)CCC(C)(C)C(OC(=S)N(C)C)/C=C/C1C.CN(C)C(=S)Cl.CN=C=S.[B]I.[B][I-]I. The quantitative estimate of drug-likeness (QED) is 0.00738. The van der Waals surface area contributed by atoms with E-state index in [2.05, 4.69) is 339 Å². The van der Waals surface area contributed by atoms with E-state index in [9.17, 15) is 19.5 Å². The molecule has 0 saturated carbocycles. The summed E-state index contributed by atoms with van der Waals surface area (Å²) in [5.74, 6) is 4.01. The van der Waals surface area contributed by atoms with Gasteiger partial charge in [0.15, 0.2) is 10.2 Å². The molecule has 4 radical (unpaired) electrons. The zero-order valence-electron chi connectivity index (χ0n) is 89.1. The Balaban J connectivity index is 0.00000182. The molecule has 6 aliphatic heterocycles. The van der Waals surface area contributed by atoms with Crippen LogP contribution in [0.5, 0.6) is 0 Å². The molecule has 0 aromatic heterocycles. The number of carbonyl (C=O) groups is 3. The van der Waals surface area contributed by atoms with E-state index in [1.165, 1.54) is 19.3 Å². The molecule has 133 heavy (non-hydrogen) atoms. The van der Waals surface area contributed by atoms with Gasteiger partial charge < -0.3 is 57.7 Å². The number of isothiocyanates is 1. The molecule has 1 N–H and O–H groups in total. The number of epoxide rings is 3. The van der Waals surface area contributed by atoms with Crippen LogP contribution in [0.25, 0.3) is 0 Å². The van der Waals surface area contributed by atoms with E-state index in [4.69, 9.17) is 79.6 Å². The standard InChI is InChI=1S/2C35H59NO4S.C32H54O4.C3H6ClNS.C2H3NS.BI2.BI/c2*1-13-24(3)27(6)32-28(38-32)22-34(7,8)19-14-15-25(4)31-26(5)16-17-29(39-33(41)36(11)12)35(9,10)20-18-23(2)21-30(37)40-31;1-11-22(3)25(6)30-26(35-30)20-31(7,8)17-12-13-23(4)29-24(5)14-15-27(33)32(9,10)18-16-21(2)19-28(34)36-29;1-5(2)3(4)6;1-3-2-4;1-3-2;1-2/h2*14-17,19,23-24,26-29,31-32H,13,18,20-22H2,1-12H3;12-15,17,21-22,24-27,29-30,33H,11,16,18-20H2,1-10H3;1-2H3;1H3;;/q;;;;;-1;/b2*17-16+,19-14+,25-15+;15-14+,17-12+,23-13+;;;;. The van der Waals surface area contributed by atoms with Gasteiger partial charge in [-0.05, 0) is 231 Å². The molecule has 3 fully saturated rings. The second-order valence-electron chi connectivity index (χ2n) is 43.9. The second-order valence-corrected chi connectivity index (χ2v) is 49.4. The molecule has 24 atom stereocenters. The molecule has 0 spiro atoms. The first-order chi connectivity index (χ1) is 61.6. The van der Waals surface area contributed by atoms with E-state index in [0.717, 1.165) is 74.5 Å². The number of halogens is 4. The summed E-state index contributed by atoms with van der Waals surface area (Å²) >= 11 is 28.8. The Morgan fingerprint density at radius 3 is 0.992 bits per heavy atom. The van der Waals surface area contributed by atoms with E-state index in [-0.39, 0.29) is 133 Å². The fourth-order valence-electron chi connectivity index (χ4n) is 16.5. The summed E-state index contributed by atoms with van der Waals surface area (Å²) in [6.07, 6.45) is 45.3. The molecule has 760 valence electrons. The number of hydrogen-bond donors (Lipinski definition) is 1. The van der Waals surface area contributed by atoms with Crippen molar-refractivity contribution in [1.82, 2.24) is 14.7 Å². The Kier molecular flexibility index (Phi) is 63.1. The Hall–Kier alpha value is -2.41. The number of allylic oxidation sites excluding steroid dienone is 9. The predicted molar refractivity (Wildman–Crippen MR) is 592 cm³/mol. The number of ether oxygens (including phenoxy) is 8. The van der Waals surface area contributed by atoms with Crippen LogP contribution in [0, 0.1) is 104 Å². The normalized spacial score (nSPS) is 29.7. The van der Waals surface area contributed by atoms with E-state index in [1.54, 1.807) is 48.4 Å². The number of thiocarbonyl (C=S) groups is 4. The van der Waals surface area contributed by atoms with Gasteiger partial charge in [-0.1, -0.05) is 297 Å². The number of esters is 3. The van der Waals surface area contributed by atoms with Gasteiger partial charge >= 0.3 is 59.2 Å². The van der Waals surface area contributed by atoms with E-state index >= 15 is 0 Å². The molecular weight excluding hydrogens is 2100 g/mol. The molecule has 0 bridgehead atoms. The number of aliphatic hydroxyl groups is 1. The average molecular weight is 2280 g/mol. The van der Waals surface area contributed by atoms with Crippen molar-refractivity contribution in [2.75, 3.05) is 49.3 Å². The van der Waals surface area contributed by atoms with Crippen molar-refractivity contribution in [3.8, 4) is 0 Å². The number of nitrogens with zero attached hydrogens (tertiary/aromatic N) is 4.